The summed E-state index contributed by atoms with van der Waals surface area (Å²) in [6, 6.07) is 3.17. The van der Waals surface area contributed by atoms with Crippen LogP contribution in [0.3, 0.4) is 0 Å². The largest absolute Gasteiger partial charge is 0.303 e. The zero-order valence-electron chi connectivity index (χ0n) is 10.5. The smallest absolute Gasteiger partial charge is 0.0655 e. The molecule has 0 spiro atoms. The number of nitriles is 1. The second-order valence-electron chi connectivity index (χ2n) is 5.70. The van der Waals surface area contributed by atoms with E-state index in [1.165, 1.54) is 45.1 Å². The molecule has 2 rings (SSSR count). The van der Waals surface area contributed by atoms with E-state index in [9.17, 15) is 0 Å². The lowest BCUT2D eigenvalue weighted by Gasteiger charge is -2.35. The molecule has 0 unspecified atom stereocenters. The number of hydrogen-bond acceptors (Lipinski definition) is 2. The summed E-state index contributed by atoms with van der Waals surface area (Å²) in [5.41, 5.74) is 0. The van der Waals surface area contributed by atoms with Crippen molar-refractivity contribution in [2.45, 2.75) is 57.4 Å². The van der Waals surface area contributed by atoms with E-state index in [4.69, 9.17) is 5.26 Å². The van der Waals surface area contributed by atoms with E-state index in [2.05, 4.69) is 18.0 Å². The Hall–Kier alpha value is -0.550. The van der Waals surface area contributed by atoms with Gasteiger partial charge in [0.15, 0.2) is 0 Å². The molecule has 0 radical (unpaired) electrons. The Morgan fingerprint density at radius 1 is 1.12 bits per heavy atom. The van der Waals surface area contributed by atoms with Crippen LogP contribution in [-0.2, 0) is 0 Å². The lowest BCUT2D eigenvalue weighted by molar-refractivity contribution is 0.156. The Morgan fingerprint density at radius 2 is 1.81 bits per heavy atom. The first-order valence-corrected chi connectivity index (χ1v) is 6.89. The van der Waals surface area contributed by atoms with Gasteiger partial charge in [0.1, 0.15) is 0 Å². The molecule has 0 aliphatic heterocycles. The predicted octanol–water partition coefficient (Wildman–Crippen LogP) is 3.19. The van der Waals surface area contributed by atoms with Gasteiger partial charge in [0, 0.05) is 12.0 Å². The Kier molecular flexibility index (Phi) is 4.23. The van der Waals surface area contributed by atoms with E-state index in [1.54, 1.807) is 0 Å². The third-order valence-electron chi connectivity index (χ3n) is 4.62. The topological polar surface area (TPSA) is 27.0 Å². The Morgan fingerprint density at radius 3 is 2.31 bits per heavy atom. The minimum atomic E-state index is 0.344. The fraction of sp³-hybridized carbons (Fsp3) is 0.929. The molecule has 0 aromatic carbocycles. The molecule has 2 nitrogen and oxygen atoms in total. The Bertz CT molecular complexity index is 244. The molecule has 2 fully saturated rings. The molecule has 90 valence electrons. The molecule has 2 aliphatic rings. The molecule has 0 saturated heterocycles. The predicted molar refractivity (Wildman–Crippen MR) is 65.9 cm³/mol. The first-order chi connectivity index (χ1) is 7.79. The van der Waals surface area contributed by atoms with Crippen LogP contribution in [0.2, 0.25) is 0 Å². The summed E-state index contributed by atoms with van der Waals surface area (Å²) in [7, 11) is 2.27. The summed E-state index contributed by atoms with van der Waals surface area (Å²) in [5, 5.41) is 8.87. The van der Waals surface area contributed by atoms with Crippen LogP contribution in [0.25, 0.3) is 0 Å². The SMILES string of the molecule is CN(CCC1CCC1)C1CCC(C#N)CC1. The highest BCUT2D eigenvalue weighted by molar-refractivity contribution is 4.89. The summed E-state index contributed by atoms with van der Waals surface area (Å²) < 4.78 is 0. The number of hydrogen-bond donors (Lipinski definition) is 0. The Labute approximate surface area is 99.6 Å². The van der Waals surface area contributed by atoms with Crippen LogP contribution < -0.4 is 0 Å². The summed E-state index contributed by atoms with van der Waals surface area (Å²) >= 11 is 0. The van der Waals surface area contributed by atoms with Crippen molar-refractivity contribution in [3.63, 3.8) is 0 Å². The molecule has 2 heteroatoms. The highest BCUT2D eigenvalue weighted by atomic mass is 15.1. The van der Waals surface area contributed by atoms with Gasteiger partial charge in [0.05, 0.1) is 6.07 Å². The molecule has 0 aromatic heterocycles. The molecule has 0 bridgehead atoms. The maximum Gasteiger partial charge on any atom is 0.0655 e. The zero-order valence-corrected chi connectivity index (χ0v) is 10.5. The van der Waals surface area contributed by atoms with Gasteiger partial charge in [0.2, 0.25) is 0 Å². The maximum absolute atomic E-state index is 8.87. The van der Waals surface area contributed by atoms with Crippen molar-refractivity contribution in [1.82, 2.24) is 4.90 Å². The van der Waals surface area contributed by atoms with Gasteiger partial charge in [-0.2, -0.15) is 5.26 Å². The van der Waals surface area contributed by atoms with E-state index < -0.39 is 0 Å². The maximum atomic E-state index is 8.87. The van der Waals surface area contributed by atoms with Gasteiger partial charge in [-0.1, -0.05) is 19.3 Å². The van der Waals surface area contributed by atoms with Gasteiger partial charge >= 0.3 is 0 Å². The average Bonchev–Trinajstić information content (AvgIpc) is 2.27. The van der Waals surface area contributed by atoms with Gasteiger partial charge in [0.25, 0.3) is 0 Å². The van der Waals surface area contributed by atoms with Crippen LogP contribution in [-0.4, -0.2) is 24.5 Å². The summed E-state index contributed by atoms with van der Waals surface area (Å²) in [4.78, 5) is 2.55. The van der Waals surface area contributed by atoms with Crippen molar-refractivity contribution in [2.24, 2.45) is 11.8 Å². The van der Waals surface area contributed by atoms with Crippen LogP contribution in [0, 0.1) is 23.2 Å². The summed E-state index contributed by atoms with van der Waals surface area (Å²) in [6.45, 7) is 1.27. The van der Waals surface area contributed by atoms with Gasteiger partial charge in [-0.3, -0.25) is 0 Å². The molecule has 2 saturated carbocycles. The van der Waals surface area contributed by atoms with Crippen LogP contribution in [0.1, 0.15) is 51.4 Å². The fourth-order valence-electron chi connectivity index (χ4n) is 3.00. The molecule has 0 N–H and O–H groups in total. The van der Waals surface area contributed by atoms with E-state index in [-0.39, 0.29) is 0 Å². The normalized spacial score (nSPS) is 31.1. The third-order valence-corrected chi connectivity index (χ3v) is 4.62. The molecule has 2 aliphatic carbocycles. The highest BCUT2D eigenvalue weighted by Gasteiger charge is 2.24. The quantitative estimate of drug-likeness (QED) is 0.727. The number of nitrogens with zero attached hydrogens (tertiary/aromatic N) is 2. The van der Waals surface area contributed by atoms with Crippen molar-refractivity contribution in [3.05, 3.63) is 0 Å². The van der Waals surface area contributed by atoms with Crippen molar-refractivity contribution in [2.75, 3.05) is 13.6 Å². The third kappa shape index (κ3) is 2.98. The first kappa shape index (κ1) is 11.9. The standard InChI is InChI=1S/C14H24N2/c1-16(10-9-12-3-2-4-12)14-7-5-13(11-15)6-8-14/h12-14H,2-10H2,1H3. The molecule has 0 atom stereocenters. The van der Waals surface area contributed by atoms with Gasteiger partial charge < -0.3 is 4.90 Å². The second kappa shape index (κ2) is 5.68. The molecule has 16 heavy (non-hydrogen) atoms. The lowest BCUT2D eigenvalue weighted by atomic mass is 9.82. The number of rotatable bonds is 4. The van der Waals surface area contributed by atoms with Crippen molar-refractivity contribution in [3.8, 4) is 6.07 Å². The molecular formula is C14H24N2. The lowest BCUT2D eigenvalue weighted by Crippen LogP contribution is -2.36. The van der Waals surface area contributed by atoms with Crippen LogP contribution in [0.15, 0.2) is 0 Å². The molecule has 0 heterocycles. The first-order valence-electron chi connectivity index (χ1n) is 6.89. The van der Waals surface area contributed by atoms with Crippen molar-refractivity contribution < 1.29 is 0 Å². The van der Waals surface area contributed by atoms with Gasteiger partial charge in [-0.15, -0.1) is 0 Å². The minimum absolute atomic E-state index is 0.344. The van der Waals surface area contributed by atoms with Crippen LogP contribution in [0.5, 0.6) is 0 Å². The molecule has 0 amide bonds. The van der Waals surface area contributed by atoms with Crippen molar-refractivity contribution >= 4 is 0 Å². The van der Waals surface area contributed by atoms with Gasteiger partial charge in [-0.05, 0) is 51.6 Å². The van der Waals surface area contributed by atoms with Crippen LogP contribution >= 0.6 is 0 Å². The van der Waals surface area contributed by atoms with E-state index in [0.717, 1.165) is 24.8 Å². The fourth-order valence-corrected chi connectivity index (χ4v) is 3.00. The van der Waals surface area contributed by atoms with Crippen LogP contribution in [0.4, 0.5) is 0 Å². The summed E-state index contributed by atoms with van der Waals surface area (Å²) in [6.07, 6.45) is 10.5. The van der Waals surface area contributed by atoms with E-state index in [0.29, 0.717) is 5.92 Å². The second-order valence-corrected chi connectivity index (χ2v) is 5.70. The zero-order chi connectivity index (χ0) is 11.4. The van der Waals surface area contributed by atoms with Gasteiger partial charge in [-0.25, -0.2) is 0 Å². The molecule has 0 aromatic rings. The monoisotopic (exact) mass is 220 g/mol. The molecular weight excluding hydrogens is 196 g/mol. The Balaban J connectivity index is 1.65. The highest BCUT2D eigenvalue weighted by Crippen LogP contribution is 2.31. The minimum Gasteiger partial charge on any atom is -0.303 e. The summed E-state index contributed by atoms with van der Waals surface area (Å²) in [5.74, 6) is 1.37. The van der Waals surface area contributed by atoms with Crippen molar-refractivity contribution in [1.29, 1.82) is 5.26 Å². The average molecular weight is 220 g/mol. The van der Waals surface area contributed by atoms with E-state index in [1.807, 2.05) is 0 Å². The van der Waals surface area contributed by atoms with E-state index >= 15 is 0 Å².